The topological polar surface area (TPSA) is 40.6 Å². The average Bonchev–Trinajstić information content (AvgIpc) is 2.94. The Hall–Kier alpha value is -2.33. The van der Waals surface area contributed by atoms with Crippen LogP contribution in [0, 0.1) is 0 Å². The molecular formula is C21H21ClN2O2. The first-order valence-electron chi connectivity index (χ1n) is 9.09. The minimum Gasteiger partial charge on any atom is -0.341 e. The standard InChI is InChI=1S/C21H21ClN2O2/c22-16-9-10-18-17(13-16)20(15-7-3-1-4-8-15)21(26)24(18)14-19(25)23-11-5-2-6-12-23/h1,3-4,7-10,13,20H,2,5-6,11-12,14H2. The molecule has 1 atom stereocenters. The lowest BCUT2D eigenvalue weighted by molar-refractivity contribution is -0.132. The van der Waals surface area contributed by atoms with Crippen LogP contribution in [0.2, 0.25) is 5.02 Å². The number of carbonyl (C=O) groups excluding carboxylic acids is 2. The molecule has 134 valence electrons. The number of anilines is 1. The maximum absolute atomic E-state index is 13.2. The van der Waals surface area contributed by atoms with Gasteiger partial charge in [0.25, 0.3) is 0 Å². The van der Waals surface area contributed by atoms with Crippen LogP contribution in [-0.4, -0.2) is 36.3 Å². The molecule has 5 heteroatoms. The van der Waals surface area contributed by atoms with Gasteiger partial charge in [-0.2, -0.15) is 0 Å². The van der Waals surface area contributed by atoms with E-state index in [0.29, 0.717) is 5.02 Å². The van der Waals surface area contributed by atoms with Crippen LogP contribution in [0.15, 0.2) is 48.5 Å². The van der Waals surface area contributed by atoms with Crippen molar-refractivity contribution in [2.24, 2.45) is 0 Å². The van der Waals surface area contributed by atoms with E-state index in [1.807, 2.05) is 47.4 Å². The number of piperidine rings is 1. The van der Waals surface area contributed by atoms with Crippen LogP contribution in [-0.2, 0) is 9.59 Å². The molecule has 2 aromatic rings. The highest BCUT2D eigenvalue weighted by atomic mass is 35.5. The number of hydrogen-bond acceptors (Lipinski definition) is 2. The maximum Gasteiger partial charge on any atom is 0.242 e. The molecule has 4 nitrogen and oxygen atoms in total. The van der Waals surface area contributed by atoms with Gasteiger partial charge in [-0.3, -0.25) is 9.59 Å². The molecule has 2 aliphatic heterocycles. The molecular weight excluding hydrogens is 348 g/mol. The predicted molar refractivity (Wildman–Crippen MR) is 103 cm³/mol. The average molecular weight is 369 g/mol. The molecule has 1 saturated heterocycles. The Balaban J connectivity index is 1.66. The highest BCUT2D eigenvalue weighted by Crippen LogP contribution is 2.42. The van der Waals surface area contributed by atoms with Crippen molar-refractivity contribution in [3.8, 4) is 0 Å². The zero-order chi connectivity index (χ0) is 18.1. The Kier molecular flexibility index (Phi) is 4.68. The van der Waals surface area contributed by atoms with E-state index >= 15 is 0 Å². The van der Waals surface area contributed by atoms with Crippen LogP contribution in [0.4, 0.5) is 5.69 Å². The van der Waals surface area contributed by atoms with Gasteiger partial charge in [-0.1, -0.05) is 41.9 Å². The molecule has 0 aromatic heterocycles. The molecule has 0 bridgehead atoms. The molecule has 2 aromatic carbocycles. The SMILES string of the molecule is O=C(CN1C(=O)C(c2ccccc2)c2cc(Cl)ccc21)N1CCCCC1. The van der Waals surface area contributed by atoms with Crippen molar-refractivity contribution in [3.63, 3.8) is 0 Å². The Labute approximate surface area is 158 Å². The van der Waals surface area contributed by atoms with Crippen molar-refractivity contribution in [2.75, 3.05) is 24.5 Å². The van der Waals surface area contributed by atoms with Crippen LogP contribution in [0.1, 0.15) is 36.3 Å². The van der Waals surface area contributed by atoms with Crippen LogP contribution in [0.5, 0.6) is 0 Å². The summed E-state index contributed by atoms with van der Waals surface area (Å²) in [6.07, 6.45) is 3.25. The Morgan fingerprint density at radius 3 is 2.50 bits per heavy atom. The van der Waals surface area contributed by atoms with Gasteiger partial charge in [-0.05, 0) is 48.6 Å². The quantitative estimate of drug-likeness (QED) is 0.826. The van der Waals surface area contributed by atoms with E-state index in [9.17, 15) is 9.59 Å². The van der Waals surface area contributed by atoms with Crippen molar-refractivity contribution < 1.29 is 9.59 Å². The zero-order valence-corrected chi connectivity index (χ0v) is 15.3. The number of halogens is 1. The second kappa shape index (κ2) is 7.12. The fourth-order valence-electron chi connectivity index (χ4n) is 3.92. The molecule has 4 rings (SSSR count). The number of benzene rings is 2. The van der Waals surface area contributed by atoms with Gasteiger partial charge in [0.15, 0.2) is 0 Å². The summed E-state index contributed by atoms with van der Waals surface area (Å²) in [4.78, 5) is 29.4. The van der Waals surface area contributed by atoms with E-state index in [-0.39, 0.29) is 18.4 Å². The molecule has 1 unspecified atom stereocenters. The van der Waals surface area contributed by atoms with Gasteiger partial charge in [0, 0.05) is 23.8 Å². The van der Waals surface area contributed by atoms with Crippen molar-refractivity contribution in [1.29, 1.82) is 0 Å². The van der Waals surface area contributed by atoms with Gasteiger partial charge in [0.1, 0.15) is 6.54 Å². The fourth-order valence-corrected chi connectivity index (χ4v) is 4.10. The fraction of sp³-hybridized carbons (Fsp3) is 0.333. The number of nitrogens with zero attached hydrogens (tertiary/aromatic N) is 2. The van der Waals surface area contributed by atoms with E-state index < -0.39 is 5.92 Å². The summed E-state index contributed by atoms with van der Waals surface area (Å²) in [5.41, 5.74) is 2.59. The highest BCUT2D eigenvalue weighted by molar-refractivity contribution is 6.31. The first-order chi connectivity index (χ1) is 12.6. The molecule has 2 heterocycles. The van der Waals surface area contributed by atoms with Gasteiger partial charge in [-0.15, -0.1) is 0 Å². The molecule has 2 amide bonds. The first-order valence-corrected chi connectivity index (χ1v) is 9.46. The molecule has 0 radical (unpaired) electrons. The van der Waals surface area contributed by atoms with Gasteiger partial charge in [0.2, 0.25) is 11.8 Å². The van der Waals surface area contributed by atoms with E-state index in [0.717, 1.165) is 42.7 Å². The van der Waals surface area contributed by atoms with Crippen LogP contribution in [0.3, 0.4) is 0 Å². The Bertz CT molecular complexity index is 831. The first kappa shape index (κ1) is 17.1. The molecule has 0 saturated carbocycles. The number of hydrogen-bond donors (Lipinski definition) is 0. The normalized spacial score (nSPS) is 19.6. The monoisotopic (exact) mass is 368 g/mol. The molecule has 0 aliphatic carbocycles. The Morgan fingerprint density at radius 2 is 1.77 bits per heavy atom. The van der Waals surface area contributed by atoms with Crippen LogP contribution >= 0.6 is 11.6 Å². The summed E-state index contributed by atoms with van der Waals surface area (Å²) in [6.45, 7) is 1.67. The van der Waals surface area contributed by atoms with E-state index in [1.54, 1.807) is 11.0 Å². The molecule has 1 fully saturated rings. The summed E-state index contributed by atoms with van der Waals surface area (Å²) in [6, 6.07) is 15.1. The number of amides is 2. The van der Waals surface area contributed by atoms with Crippen molar-refractivity contribution in [1.82, 2.24) is 4.90 Å². The maximum atomic E-state index is 13.2. The van der Waals surface area contributed by atoms with Gasteiger partial charge in [-0.25, -0.2) is 0 Å². The van der Waals surface area contributed by atoms with Crippen LogP contribution < -0.4 is 4.90 Å². The van der Waals surface area contributed by atoms with Crippen molar-refractivity contribution >= 4 is 29.1 Å². The smallest absolute Gasteiger partial charge is 0.242 e. The third kappa shape index (κ3) is 3.10. The molecule has 0 N–H and O–H groups in total. The molecule has 26 heavy (non-hydrogen) atoms. The third-order valence-corrected chi connectivity index (χ3v) is 5.47. The number of fused-ring (bicyclic) bond motifs is 1. The highest BCUT2D eigenvalue weighted by Gasteiger charge is 2.39. The minimum absolute atomic E-state index is 0.0210. The van der Waals surface area contributed by atoms with Gasteiger partial charge >= 0.3 is 0 Å². The number of likely N-dealkylation sites (tertiary alicyclic amines) is 1. The summed E-state index contributed by atoms with van der Waals surface area (Å²) in [5.74, 6) is -0.439. The van der Waals surface area contributed by atoms with Crippen LogP contribution in [0.25, 0.3) is 0 Å². The van der Waals surface area contributed by atoms with E-state index in [1.165, 1.54) is 6.42 Å². The summed E-state index contributed by atoms with van der Waals surface area (Å²) in [7, 11) is 0. The lowest BCUT2D eigenvalue weighted by Gasteiger charge is -2.29. The summed E-state index contributed by atoms with van der Waals surface area (Å²) in [5, 5.41) is 0.599. The summed E-state index contributed by atoms with van der Waals surface area (Å²) < 4.78 is 0. The van der Waals surface area contributed by atoms with Gasteiger partial charge < -0.3 is 9.80 Å². The second-order valence-corrected chi connectivity index (χ2v) is 7.35. The number of rotatable bonds is 3. The Morgan fingerprint density at radius 1 is 1.04 bits per heavy atom. The third-order valence-electron chi connectivity index (χ3n) is 5.24. The lowest BCUT2D eigenvalue weighted by atomic mass is 9.93. The van der Waals surface area contributed by atoms with Crippen molar-refractivity contribution in [2.45, 2.75) is 25.2 Å². The minimum atomic E-state index is -0.404. The second-order valence-electron chi connectivity index (χ2n) is 6.91. The van der Waals surface area contributed by atoms with Gasteiger partial charge in [0.05, 0.1) is 5.92 Å². The lowest BCUT2D eigenvalue weighted by Crippen LogP contribution is -2.44. The zero-order valence-electron chi connectivity index (χ0n) is 14.5. The van der Waals surface area contributed by atoms with E-state index in [4.69, 9.17) is 11.6 Å². The predicted octanol–water partition coefficient (Wildman–Crippen LogP) is 3.83. The molecule has 2 aliphatic rings. The van der Waals surface area contributed by atoms with Crippen molar-refractivity contribution in [3.05, 3.63) is 64.7 Å². The summed E-state index contributed by atoms with van der Waals surface area (Å²) >= 11 is 6.19. The molecule has 0 spiro atoms. The van der Waals surface area contributed by atoms with E-state index in [2.05, 4.69) is 0 Å². The number of carbonyl (C=O) groups is 2. The largest absolute Gasteiger partial charge is 0.341 e.